The van der Waals surface area contributed by atoms with Crippen molar-refractivity contribution >= 4 is 27.4 Å². The fraction of sp³-hybridized carbons (Fsp3) is 0.240. The van der Waals surface area contributed by atoms with Crippen LogP contribution < -0.4 is 20.1 Å². The maximum Gasteiger partial charge on any atom is 0.161 e. The fourth-order valence-corrected chi connectivity index (χ4v) is 4.52. The van der Waals surface area contributed by atoms with Crippen molar-refractivity contribution in [2.75, 3.05) is 32.2 Å². The predicted molar refractivity (Wildman–Crippen MR) is 129 cm³/mol. The lowest BCUT2D eigenvalue weighted by molar-refractivity contribution is 0.355. The molecule has 0 atom stereocenters. The second kappa shape index (κ2) is 9.81. The Bertz CT molecular complexity index is 1160. The Morgan fingerprint density at radius 3 is 2.52 bits per heavy atom. The second-order valence-electron chi connectivity index (χ2n) is 7.34. The molecule has 1 heterocycles. The van der Waals surface area contributed by atoms with Crippen LogP contribution in [0.4, 0.5) is 5.82 Å². The minimum Gasteiger partial charge on any atom is -0.493 e. The molecule has 2 N–H and O–H groups in total. The highest BCUT2D eigenvalue weighted by atomic mass is 32.1. The molecule has 3 aromatic carbocycles. The second-order valence-corrected chi connectivity index (χ2v) is 8.14. The molecule has 0 saturated carbocycles. The van der Waals surface area contributed by atoms with Crippen LogP contribution in [0.5, 0.6) is 11.5 Å². The summed E-state index contributed by atoms with van der Waals surface area (Å²) in [6, 6.07) is 23.0. The van der Waals surface area contributed by atoms with Gasteiger partial charge in [-0.1, -0.05) is 36.4 Å². The number of hydrogen-bond acceptors (Lipinski definition) is 6. The largest absolute Gasteiger partial charge is 0.493 e. The number of nitrogens with two attached hydrogens (primary N) is 1. The molecule has 0 saturated heterocycles. The average molecular weight is 434 g/mol. The van der Waals surface area contributed by atoms with Crippen LogP contribution in [0, 0.1) is 0 Å². The molecule has 0 radical (unpaired) electrons. The molecule has 31 heavy (non-hydrogen) atoms. The smallest absolute Gasteiger partial charge is 0.161 e. The average Bonchev–Trinajstić information content (AvgIpc) is 3.25. The summed E-state index contributed by atoms with van der Waals surface area (Å²) in [5.41, 5.74) is 9.27. The topological polar surface area (TPSA) is 60.6 Å². The first kappa shape index (κ1) is 21.2. The van der Waals surface area contributed by atoms with E-state index in [9.17, 15) is 0 Å². The minimum absolute atomic E-state index is 0.657. The number of aromatic nitrogens is 1. The maximum absolute atomic E-state index is 5.82. The Labute approximate surface area is 187 Å². The molecule has 0 aliphatic heterocycles. The van der Waals surface area contributed by atoms with Crippen LogP contribution in [0.2, 0.25) is 0 Å². The van der Waals surface area contributed by atoms with Crippen LogP contribution in [0.1, 0.15) is 12.0 Å². The summed E-state index contributed by atoms with van der Waals surface area (Å²) in [6.45, 7) is 2.30. The van der Waals surface area contributed by atoms with Gasteiger partial charge in [0.25, 0.3) is 0 Å². The Hall–Kier alpha value is -3.09. The van der Waals surface area contributed by atoms with Crippen LogP contribution >= 0.6 is 11.5 Å². The Kier molecular flexibility index (Phi) is 6.70. The zero-order valence-electron chi connectivity index (χ0n) is 17.9. The number of anilines is 1. The molecule has 0 amide bonds. The highest BCUT2D eigenvalue weighted by molar-refractivity contribution is 7.13. The Morgan fingerprint density at radius 1 is 0.903 bits per heavy atom. The fourth-order valence-electron chi connectivity index (χ4n) is 3.73. The SMILES string of the molecule is COc1ccc(-c2cccc(CN(CCCN)c3nsc4ccccc34)c2)cc1OC. The lowest BCUT2D eigenvalue weighted by Crippen LogP contribution is -2.26. The summed E-state index contributed by atoms with van der Waals surface area (Å²) >= 11 is 1.55. The van der Waals surface area contributed by atoms with E-state index in [-0.39, 0.29) is 0 Å². The summed E-state index contributed by atoms with van der Waals surface area (Å²) < 4.78 is 16.8. The number of ether oxygens (including phenoxy) is 2. The van der Waals surface area contributed by atoms with Crippen molar-refractivity contribution in [2.24, 2.45) is 5.73 Å². The summed E-state index contributed by atoms with van der Waals surface area (Å²) in [6.07, 6.45) is 0.918. The minimum atomic E-state index is 0.657. The molecule has 0 aliphatic rings. The van der Waals surface area contributed by atoms with Gasteiger partial charge in [0.15, 0.2) is 11.5 Å². The van der Waals surface area contributed by atoms with Crippen LogP contribution in [0.25, 0.3) is 21.2 Å². The first-order chi connectivity index (χ1) is 15.2. The number of nitrogens with zero attached hydrogens (tertiary/aromatic N) is 2. The lowest BCUT2D eigenvalue weighted by atomic mass is 10.0. The van der Waals surface area contributed by atoms with Gasteiger partial charge in [0.2, 0.25) is 0 Å². The molecular formula is C25H27N3O2S. The summed E-state index contributed by atoms with van der Waals surface area (Å²) in [4.78, 5) is 2.33. The number of fused-ring (bicyclic) bond motifs is 1. The molecule has 0 unspecified atom stereocenters. The third kappa shape index (κ3) is 4.65. The van der Waals surface area contributed by atoms with Gasteiger partial charge in [-0.15, -0.1) is 0 Å². The van der Waals surface area contributed by atoms with E-state index >= 15 is 0 Å². The van der Waals surface area contributed by atoms with E-state index in [1.165, 1.54) is 15.6 Å². The third-order valence-corrected chi connectivity index (χ3v) is 6.12. The molecule has 4 rings (SSSR count). The Balaban J connectivity index is 1.64. The van der Waals surface area contributed by atoms with Gasteiger partial charge < -0.3 is 20.1 Å². The van der Waals surface area contributed by atoms with Crippen molar-refractivity contribution in [3.8, 4) is 22.6 Å². The summed E-state index contributed by atoms with van der Waals surface area (Å²) in [7, 11) is 3.31. The van der Waals surface area contributed by atoms with Crippen LogP contribution in [-0.2, 0) is 6.54 Å². The van der Waals surface area contributed by atoms with E-state index in [2.05, 4.69) is 59.5 Å². The van der Waals surface area contributed by atoms with E-state index < -0.39 is 0 Å². The van der Waals surface area contributed by atoms with Gasteiger partial charge in [-0.25, -0.2) is 0 Å². The van der Waals surface area contributed by atoms with Gasteiger partial charge in [0.1, 0.15) is 5.82 Å². The van der Waals surface area contributed by atoms with Gasteiger partial charge in [-0.2, -0.15) is 4.37 Å². The summed E-state index contributed by atoms with van der Waals surface area (Å²) in [5.74, 6) is 2.49. The van der Waals surface area contributed by atoms with Crippen molar-refractivity contribution in [1.29, 1.82) is 0 Å². The van der Waals surface area contributed by atoms with E-state index in [0.29, 0.717) is 6.54 Å². The van der Waals surface area contributed by atoms with Crippen molar-refractivity contribution in [2.45, 2.75) is 13.0 Å². The molecule has 0 spiro atoms. The van der Waals surface area contributed by atoms with E-state index in [4.69, 9.17) is 19.6 Å². The van der Waals surface area contributed by atoms with E-state index in [1.807, 2.05) is 12.1 Å². The highest BCUT2D eigenvalue weighted by Gasteiger charge is 2.15. The first-order valence-electron chi connectivity index (χ1n) is 10.3. The van der Waals surface area contributed by atoms with Gasteiger partial charge in [0.05, 0.1) is 18.9 Å². The molecule has 0 aliphatic carbocycles. The zero-order chi connectivity index (χ0) is 21.6. The highest BCUT2D eigenvalue weighted by Crippen LogP contribution is 2.34. The van der Waals surface area contributed by atoms with Crippen molar-refractivity contribution in [1.82, 2.24) is 4.37 Å². The maximum atomic E-state index is 5.82. The molecule has 5 nitrogen and oxygen atoms in total. The van der Waals surface area contributed by atoms with Crippen molar-refractivity contribution in [3.63, 3.8) is 0 Å². The monoisotopic (exact) mass is 433 g/mol. The molecule has 0 bridgehead atoms. The molecule has 0 fully saturated rings. The van der Waals surface area contributed by atoms with E-state index in [0.717, 1.165) is 48.0 Å². The van der Waals surface area contributed by atoms with Gasteiger partial charge >= 0.3 is 0 Å². The van der Waals surface area contributed by atoms with Crippen LogP contribution in [-0.4, -0.2) is 31.7 Å². The number of rotatable bonds is 9. The van der Waals surface area contributed by atoms with E-state index in [1.54, 1.807) is 25.8 Å². The molecular weight excluding hydrogens is 406 g/mol. The molecule has 6 heteroatoms. The number of hydrogen-bond donors (Lipinski definition) is 1. The van der Waals surface area contributed by atoms with Gasteiger partial charge in [-0.3, -0.25) is 0 Å². The van der Waals surface area contributed by atoms with Gasteiger partial charge in [0, 0.05) is 18.5 Å². The summed E-state index contributed by atoms with van der Waals surface area (Å²) in [5, 5.41) is 1.19. The number of methoxy groups -OCH3 is 2. The molecule has 4 aromatic rings. The third-order valence-electron chi connectivity index (χ3n) is 5.31. The van der Waals surface area contributed by atoms with Crippen LogP contribution in [0.3, 0.4) is 0 Å². The lowest BCUT2D eigenvalue weighted by Gasteiger charge is -2.23. The predicted octanol–water partition coefficient (Wildman–Crippen LogP) is 5.34. The van der Waals surface area contributed by atoms with Gasteiger partial charge in [-0.05, 0) is 71.5 Å². The normalized spacial score (nSPS) is 10.9. The van der Waals surface area contributed by atoms with Crippen molar-refractivity contribution < 1.29 is 9.47 Å². The van der Waals surface area contributed by atoms with Crippen molar-refractivity contribution in [3.05, 3.63) is 72.3 Å². The standard InChI is InChI=1S/C25H27N3O2S/c1-29-22-12-11-20(16-23(22)30-2)19-8-5-7-18(15-19)17-28(14-6-13-26)25-21-9-3-4-10-24(21)31-27-25/h3-5,7-12,15-16H,6,13-14,17,26H2,1-2H3. The number of benzene rings is 3. The first-order valence-corrected chi connectivity index (χ1v) is 11.1. The quantitative estimate of drug-likeness (QED) is 0.386. The molecule has 160 valence electrons. The Morgan fingerprint density at radius 2 is 1.71 bits per heavy atom. The zero-order valence-corrected chi connectivity index (χ0v) is 18.7. The molecule has 1 aromatic heterocycles. The van der Waals surface area contributed by atoms with Crippen LogP contribution in [0.15, 0.2) is 66.7 Å².